The van der Waals surface area contributed by atoms with E-state index in [0.29, 0.717) is 6.29 Å². The quantitative estimate of drug-likeness (QED) is 0.475. The number of hydrogen-bond acceptors (Lipinski definition) is 4. The molecule has 0 aliphatic carbocycles. The predicted octanol–water partition coefficient (Wildman–Crippen LogP) is 3.37. The van der Waals surface area contributed by atoms with Gasteiger partial charge in [-0.25, -0.2) is 0 Å². The number of ketones is 1. The van der Waals surface area contributed by atoms with E-state index in [2.05, 4.69) is 16.6 Å². The van der Waals surface area contributed by atoms with Gasteiger partial charge < -0.3 is 14.8 Å². The molecule has 0 radical (unpaired) electrons. The van der Waals surface area contributed by atoms with Crippen LogP contribution in [0.5, 0.6) is 0 Å². The van der Waals surface area contributed by atoms with Crippen molar-refractivity contribution >= 4 is 23.8 Å². The summed E-state index contributed by atoms with van der Waals surface area (Å²) in [5.41, 5.74) is 2.95. The Balaban J connectivity index is 0.000000885. The summed E-state index contributed by atoms with van der Waals surface area (Å²) in [5.74, 6) is -0.196. The van der Waals surface area contributed by atoms with Crippen LogP contribution in [0.4, 0.5) is 5.69 Å². The van der Waals surface area contributed by atoms with Crippen molar-refractivity contribution in [3.05, 3.63) is 48.2 Å². The van der Waals surface area contributed by atoms with Gasteiger partial charge in [-0.05, 0) is 43.3 Å². The molecule has 4 heteroatoms. The lowest BCUT2D eigenvalue weighted by Crippen LogP contribution is -1.93. The Morgan fingerprint density at radius 3 is 2.62 bits per heavy atom. The number of allylic oxidation sites excluding steroid dienone is 1. The highest BCUT2D eigenvalue weighted by Gasteiger charge is 1.98. The molecule has 0 heterocycles. The van der Waals surface area contributed by atoms with Crippen molar-refractivity contribution in [1.82, 2.24) is 0 Å². The fourth-order valence-electron chi connectivity index (χ4n) is 1.35. The second kappa shape index (κ2) is 11.6. The van der Waals surface area contributed by atoms with Crippen LogP contribution in [0.1, 0.15) is 24.5 Å². The molecule has 1 aromatic carbocycles. The molecule has 0 atom stereocenters. The van der Waals surface area contributed by atoms with Gasteiger partial charge in [-0.3, -0.25) is 4.79 Å². The Bertz CT molecular complexity index is 491. The van der Waals surface area contributed by atoms with E-state index in [4.69, 9.17) is 0 Å². The highest BCUT2D eigenvalue weighted by atomic mass is 16.5. The van der Waals surface area contributed by atoms with Crippen molar-refractivity contribution in [1.29, 1.82) is 0 Å². The van der Waals surface area contributed by atoms with Crippen LogP contribution in [0.25, 0.3) is 6.08 Å². The molecule has 0 unspecified atom stereocenters. The van der Waals surface area contributed by atoms with E-state index in [-0.39, 0.29) is 12.2 Å². The SMILES string of the molecule is C=CNc1cc(/C=C/C(=O)CC=O)ccc1C.CCOC. The van der Waals surface area contributed by atoms with Gasteiger partial charge in [0.1, 0.15) is 6.29 Å². The van der Waals surface area contributed by atoms with Crippen molar-refractivity contribution in [2.24, 2.45) is 0 Å². The molecule has 0 bridgehead atoms. The van der Waals surface area contributed by atoms with Gasteiger partial charge in [0.05, 0.1) is 6.42 Å². The number of nitrogens with one attached hydrogen (secondary N) is 1. The standard InChI is InChI=1S/C14H15NO2.C3H8O/c1-3-15-14-10-12(5-4-11(14)2)6-7-13(17)8-9-16;1-3-4-2/h3-7,9-10,15H,1,8H2,2H3;3H2,1-2H3/b7-6+;. The summed E-state index contributed by atoms with van der Waals surface area (Å²) in [6.45, 7) is 8.36. The average molecular weight is 289 g/mol. The molecular weight excluding hydrogens is 266 g/mol. The zero-order chi connectivity index (χ0) is 16.1. The first-order valence-corrected chi connectivity index (χ1v) is 6.70. The maximum Gasteiger partial charge on any atom is 0.162 e. The molecule has 1 N–H and O–H groups in total. The van der Waals surface area contributed by atoms with Crippen LogP contribution in [0.15, 0.2) is 37.1 Å². The highest BCUT2D eigenvalue weighted by Crippen LogP contribution is 2.17. The maximum absolute atomic E-state index is 11.1. The number of carbonyl (C=O) groups is 2. The Morgan fingerprint density at radius 1 is 1.43 bits per heavy atom. The normalized spacial score (nSPS) is 9.67. The molecule has 4 nitrogen and oxygen atoms in total. The van der Waals surface area contributed by atoms with Crippen LogP contribution in [-0.2, 0) is 14.3 Å². The van der Waals surface area contributed by atoms with E-state index in [1.807, 2.05) is 32.0 Å². The van der Waals surface area contributed by atoms with Gasteiger partial charge in [-0.1, -0.05) is 24.8 Å². The number of carbonyl (C=O) groups excluding carboxylic acids is 2. The lowest BCUT2D eigenvalue weighted by atomic mass is 10.1. The summed E-state index contributed by atoms with van der Waals surface area (Å²) in [6, 6.07) is 5.78. The van der Waals surface area contributed by atoms with Crippen LogP contribution in [-0.4, -0.2) is 25.8 Å². The summed E-state index contributed by atoms with van der Waals surface area (Å²) < 4.78 is 4.54. The van der Waals surface area contributed by atoms with Crippen LogP contribution >= 0.6 is 0 Å². The molecule has 114 valence electrons. The summed E-state index contributed by atoms with van der Waals surface area (Å²) in [4.78, 5) is 21.3. The number of hydrogen-bond donors (Lipinski definition) is 1. The Labute approximate surface area is 126 Å². The minimum atomic E-state index is -0.196. The number of rotatable bonds is 7. The fourth-order valence-corrected chi connectivity index (χ4v) is 1.35. The van der Waals surface area contributed by atoms with E-state index in [9.17, 15) is 9.59 Å². The largest absolute Gasteiger partial charge is 0.385 e. The zero-order valence-electron chi connectivity index (χ0n) is 12.9. The predicted molar refractivity (Wildman–Crippen MR) is 87.3 cm³/mol. The molecule has 0 aromatic heterocycles. The minimum absolute atomic E-state index is 0.0693. The molecule has 0 saturated carbocycles. The molecule has 0 aliphatic rings. The van der Waals surface area contributed by atoms with Crippen molar-refractivity contribution in [2.45, 2.75) is 20.3 Å². The van der Waals surface area contributed by atoms with Crippen LogP contribution < -0.4 is 5.32 Å². The zero-order valence-corrected chi connectivity index (χ0v) is 12.9. The summed E-state index contributed by atoms with van der Waals surface area (Å²) in [7, 11) is 1.68. The van der Waals surface area contributed by atoms with Crippen LogP contribution in [0, 0.1) is 6.92 Å². The first-order valence-electron chi connectivity index (χ1n) is 6.70. The van der Waals surface area contributed by atoms with Crippen molar-refractivity contribution in [2.75, 3.05) is 19.0 Å². The van der Waals surface area contributed by atoms with E-state index in [0.717, 1.165) is 23.4 Å². The van der Waals surface area contributed by atoms with E-state index in [1.165, 1.54) is 6.08 Å². The van der Waals surface area contributed by atoms with Gasteiger partial charge >= 0.3 is 0 Å². The molecular formula is C17H23NO3. The van der Waals surface area contributed by atoms with Crippen molar-refractivity contribution in [3.8, 4) is 0 Å². The van der Waals surface area contributed by atoms with E-state index in [1.54, 1.807) is 19.4 Å². The van der Waals surface area contributed by atoms with Crippen LogP contribution in [0.3, 0.4) is 0 Å². The van der Waals surface area contributed by atoms with Crippen LogP contribution in [0.2, 0.25) is 0 Å². The summed E-state index contributed by atoms with van der Waals surface area (Å²) in [6.07, 6.45) is 5.25. The molecule has 0 saturated heterocycles. The van der Waals surface area contributed by atoms with Gasteiger partial charge in [0.15, 0.2) is 5.78 Å². The first-order chi connectivity index (χ1) is 10.1. The highest BCUT2D eigenvalue weighted by molar-refractivity contribution is 6.00. The van der Waals surface area contributed by atoms with E-state index < -0.39 is 0 Å². The Hall–Kier alpha value is -2.20. The van der Waals surface area contributed by atoms with Gasteiger partial charge in [0.25, 0.3) is 0 Å². The monoisotopic (exact) mass is 289 g/mol. The molecule has 1 aromatic rings. The topological polar surface area (TPSA) is 55.4 Å². The number of aryl methyl sites for hydroxylation is 1. The van der Waals surface area contributed by atoms with Gasteiger partial charge in [-0.2, -0.15) is 0 Å². The van der Waals surface area contributed by atoms with E-state index >= 15 is 0 Å². The average Bonchev–Trinajstić information content (AvgIpc) is 2.49. The second-order valence-corrected chi connectivity index (χ2v) is 4.17. The molecule has 0 aliphatic heterocycles. The molecule has 0 spiro atoms. The number of ether oxygens (including phenoxy) is 1. The molecule has 1 rings (SSSR count). The number of aldehydes is 1. The minimum Gasteiger partial charge on any atom is -0.385 e. The van der Waals surface area contributed by atoms with Gasteiger partial charge in [0, 0.05) is 19.4 Å². The summed E-state index contributed by atoms with van der Waals surface area (Å²) in [5, 5.41) is 3.02. The maximum atomic E-state index is 11.1. The summed E-state index contributed by atoms with van der Waals surface area (Å²) >= 11 is 0. The molecule has 21 heavy (non-hydrogen) atoms. The Morgan fingerprint density at radius 2 is 2.10 bits per heavy atom. The second-order valence-electron chi connectivity index (χ2n) is 4.17. The van der Waals surface area contributed by atoms with Crippen molar-refractivity contribution < 1.29 is 14.3 Å². The van der Waals surface area contributed by atoms with Gasteiger partial charge in [0.2, 0.25) is 0 Å². The smallest absolute Gasteiger partial charge is 0.162 e. The Kier molecular flexibility index (Phi) is 10.4. The lowest BCUT2D eigenvalue weighted by Gasteiger charge is -2.06. The number of benzene rings is 1. The lowest BCUT2D eigenvalue weighted by molar-refractivity contribution is -0.118. The number of anilines is 1. The first kappa shape index (κ1) is 18.8. The fraction of sp³-hybridized carbons (Fsp3) is 0.294. The van der Waals surface area contributed by atoms with Crippen molar-refractivity contribution in [3.63, 3.8) is 0 Å². The molecule has 0 amide bonds. The third-order valence-electron chi connectivity index (χ3n) is 2.55. The number of methoxy groups -OCH3 is 1. The molecule has 0 fully saturated rings. The third-order valence-corrected chi connectivity index (χ3v) is 2.55. The third kappa shape index (κ3) is 8.55. The van der Waals surface area contributed by atoms with Gasteiger partial charge in [-0.15, -0.1) is 0 Å².